The summed E-state index contributed by atoms with van der Waals surface area (Å²) >= 11 is 1.60. The third-order valence-corrected chi connectivity index (χ3v) is 4.13. The average Bonchev–Trinajstić information content (AvgIpc) is 3.02. The summed E-state index contributed by atoms with van der Waals surface area (Å²) in [6, 6.07) is 9.31. The summed E-state index contributed by atoms with van der Waals surface area (Å²) in [7, 11) is 3.17. The Hall–Kier alpha value is -1.60. The normalized spacial score (nSPS) is 11.4. The van der Waals surface area contributed by atoms with Gasteiger partial charge in [-0.3, -0.25) is 4.79 Å². The Labute approximate surface area is 146 Å². The molecule has 3 N–H and O–H groups in total. The van der Waals surface area contributed by atoms with Crippen molar-refractivity contribution < 1.29 is 14.3 Å². The molecule has 1 aromatic heterocycles. The van der Waals surface area contributed by atoms with E-state index in [9.17, 15) is 4.79 Å². The zero-order chi connectivity index (χ0) is 15.9. The molecule has 7 heteroatoms. The van der Waals surface area contributed by atoms with Crippen molar-refractivity contribution in [2.75, 3.05) is 20.8 Å². The number of carbonyl (C=O) groups excluding carboxylic acids is 1. The zero-order valence-electron chi connectivity index (χ0n) is 13.1. The molecule has 0 aliphatic rings. The number of ether oxygens (including phenoxy) is 2. The number of nitrogens with two attached hydrogens (primary N) is 1. The molecule has 1 unspecified atom stereocenters. The minimum atomic E-state index is -0.633. The number of halogens is 1. The largest absolute Gasteiger partial charge is 0.497 e. The van der Waals surface area contributed by atoms with Crippen molar-refractivity contribution in [3.63, 3.8) is 0 Å². The van der Waals surface area contributed by atoms with E-state index in [1.807, 2.05) is 24.3 Å². The van der Waals surface area contributed by atoms with Crippen LogP contribution < -0.4 is 15.8 Å². The number of methoxy groups -OCH3 is 2. The van der Waals surface area contributed by atoms with Gasteiger partial charge >= 0.3 is 0 Å². The van der Waals surface area contributed by atoms with Gasteiger partial charge in [0.05, 0.1) is 20.3 Å². The molecule has 1 heterocycles. The lowest BCUT2D eigenvalue weighted by molar-refractivity contribution is -0.123. The van der Waals surface area contributed by atoms with Gasteiger partial charge in [0.1, 0.15) is 11.8 Å². The van der Waals surface area contributed by atoms with Crippen molar-refractivity contribution in [3.8, 4) is 16.9 Å². The number of rotatable bonds is 7. The predicted molar refractivity (Wildman–Crippen MR) is 95.3 cm³/mol. The number of nitrogens with one attached hydrogen (secondary N) is 1. The summed E-state index contributed by atoms with van der Waals surface area (Å²) < 4.78 is 10.0. The van der Waals surface area contributed by atoms with Crippen LogP contribution in [0, 0.1) is 0 Å². The molecule has 0 saturated carbocycles. The fraction of sp³-hybridized carbons (Fsp3) is 0.312. The van der Waals surface area contributed by atoms with E-state index in [-0.39, 0.29) is 24.9 Å². The molecule has 5 nitrogen and oxygen atoms in total. The Kier molecular flexibility index (Phi) is 8.05. The molecule has 0 aliphatic heterocycles. The van der Waals surface area contributed by atoms with Crippen LogP contribution in [0.1, 0.15) is 4.88 Å². The number of benzene rings is 1. The quantitative estimate of drug-likeness (QED) is 0.799. The first-order chi connectivity index (χ1) is 10.6. The summed E-state index contributed by atoms with van der Waals surface area (Å²) in [5.74, 6) is 0.625. The van der Waals surface area contributed by atoms with Crippen LogP contribution in [0.3, 0.4) is 0 Å². The van der Waals surface area contributed by atoms with E-state index in [2.05, 4.69) is 16.8 Å². The maximum atomic E-state index is 11.7. The topological polar surface area (TPSA) is 73.6 Å². The van der Waals surface area contributed by atoms with Crippen LogP contribution in [0.15, 0.2) is 35.7 Å². The third kappa shape index (κ3) is 5.51. The lowest BCUT2D eigenvalue weighted by Crippen LogP contribution is -2.43. The number of hydrogen-bond acceptors (Lipinski definition) is 5. The van der Waals surface area contributed by atoms with Gasteiger partial charge in [0.2, 0.25) is 5.91 Å². The van der Waals surface area contributed by atoms with Crippen LogP contribution >= 0.6 is 23.7 Å². The van der Waals surface area contributed by atoms with Gasteiger partial charge in [-0.1, -0.05) is 12.1 Å². The first-order valence-electron chi connectivity index (χ1n) is 6.88. The smallest absolute Gasteiger partial charge is 0.239 e. The molecule has 2 aromatic rings. The number of carbonyl (C=O) groups is 1. The first-order valence-corrected chi connectivity index (χ1v) is 7.76. The van der Waals surface area contributed by atoms with Gasteiger partial charge < -0.3 is 20.5 Å². The Balaban J connectivity index is 0.00000264. The maximum Gasteiger partial charge on any atom is 0.239 e. The molecule has 126 valence electrons. The minimum Gasteiger partial charge on any atom is -0.497 e. The fourth-order valence-electron chi connectivity index (χ4n) is 1.97. The van der Waals surface area contributed by atoms with Crippen molar-refractivity contribution in [2.45, 2.75) is 12.6 Å². The van der Waals surface area contributed by atoms with Crippen molar-refractivity contribution in [1.82, 2.24) is 5.32 Å². The van der Waals surface area contributed by atoms with E-state index in [1.165, 1.54) is 7.11 Å². The van der Waals surface area contributed by atoms with Gasteiger partial charge in [-0.2, -0.15) is 0 Å². The monoisotopic (exact) mass is 356 g/mol. The highest BCUT2D eigenvalue weighted by atomic mass is 35.5. The molecule has 0 radical (unpaired) electrons. The highest BCUT2D eigenvalue weighted by Crippen LogP contribution is 2.27. The number of hydrogen-bond donors (Lipinski definition) is 2. The van der Waals surface area contributed by atoms with Gasteiger partial charge in [-0.15, -0.1) is 23.7 Å². The van der Waals surface area contributed by atoms with E-state index in [0.29, 0.717) is 6.54 Å². The van der Waals surface area contributed by atoms with Gasteiger partial charge in [-0.25, -0.2) is 0 Å². The van der Waals surface area contributed by atoms with E-state index in [1.54, 1.807) is 18.4 Å². The average molecular weight is 357 g/mol. The van der Waals surface area contributed by atoms with E-state index in [0.717, 1.165) is 21.8 Å². The highest BCUT2D eigenvalue weighted by Gasteiger charge is 2.12. The van der Waals surface area contributed by atoms with Crippen LogP contribution in [-0.4, -0.2) is 32.8 Å². The summed E-state index contributed by atoms with van der Waals surface area (Å²) in [6.45, 7) is 0.685. The summed E-state index contributed by atoms with van der Waals surface area (Å²) in [5.41, 5.74) is 7.91. The molecule has 0 aliphatic carbocycles. The van der Waals surface area contributed by atoms with Gasteiger partial charge in [-0.05, 0) is 34.7 Å². The maximum absolute atomic E-state index is 11.7. The van der Waals surface area contributed by atoms with Crippen LogP contribution in [0.5, 0.6) is 5.75 Å². The summed E-state index contributed by atoms with van der Waals surface area (Å²) in [5, 5.41) is 4.88. The molecular weight excluding hydrogens is 336 g/mol. The first kappa shape index (κ1) is 19.4. The third-order valence-electron chi connectivity index (χ3n) is 3.20. The molecule has 2 rings (SSSR count). The van der Waals surface area contributed by atoms with Gasteiger partial charge in [0, 0.05) is 12.0 Å². The van der Waals surface area contributed by atoms with Crippen LogP contribution in [0.2, 0.25) is 0 Å². The second kappa shape index (κ2) is 9.52. The number of thiophene rings is 1. The van der Waals surface area contributed by atoms with Crippen molar-refractivity contribution in [3.05, 3.63) is 40.6 Å². The molecule has 23 heavy (non-hydrogen) atoms. The van der Waals surface area contributed by atoms with E-state index >= 15 is 0 Å². The van der Waals surface area contributed by atoms with Crippen LogP contribution in [0.25, 0.3) is 11.1 Å². The van der Waals surface area contributed by atoms with E-state index in [4.69, 9.17) is 15.2 Å². The Morgan fingerprint density at radius 2 is 1.96 bits per heavy atom. The summed E-state index contributed by atoms with van der Waals surface area (Å²) in [6.07, 6.45) is 0. The number of amides is 1. The molecule has 0 saturated heterocycles. The molecular formula is C16H21ClN2O3S. The Bertz CT molecular complexity index is 616. The standard InChI is InChI=1S/C16H20N2O3S.ClH/c1-20-9-15(17)16(19)18-8-14-7-12(10-22-14)11-3-5-13(21-2)6-4-11;/h3-7,10,15H,8-9,17H2,1-2H3,(H,18,19);1H. The van der Waals surface area contributed by atoms with Crippen LogP contribution in [0.4, 0.5) is 0 Å². The van der Waals surface area contributed by atoms with Crippen molar-refractivity contribution >= 4 is 29.7 Å². The minimum absolute atomic E-state index is 0. The summed E-state index contributed by atoms with van der Waals surface area (Å²) in [4.78, 5) is 12.8. The predicted octanol–water partition coefficient (Wildman–Crippen LogP) is 2.44. The molecule has 1 aromatic carbocycles. The van der Waals surface area contributed by atoms with Crippen molar-refractivity contribution in [1.29, 1.82) is 0 Å². The lowest BCUT2D eigenvalue weighted by atomic mass is 10.1. The zero-order valence-corrected chi connectivity index (χ0v) is 14.7. The second-order valence-electron chi connectivity index (χ2n) is 4.81. The van der Waals surface area contributed by atoms with Gasteiger partial charge in [0.25, 0.3) is 0 Å². The molecule has 0 spiro atoms. The highest BCUT2D eigenvalue weighted by molar-refractivity contribution is 7.10. The second-order valence-corrected chi connectivity index (χ2v) is 5.81. The van der Waals surface area contributed by atoms with E-state index < -0.39 is 6.04 Å². The van der Waals surface area contributed by atoms with Gasteiger partial charge in [0.15, 0.2) is 0 Å². The molecule has 1 amide bonds. The van der Waals surface area contributed by atoms with Crippen molar-refractivity contribution in [2.24, 2.45) is 5.73 Å². The molecule has 0 bridgehead atoms. The van der Waals surface area contributed by atoms with Crippen LogP contribution in [-0.2, 0) is 16.1 Å². The molecule has 1 atom stereocenters. The Morgan fingerprint density at radius 1 is 1.26 bits per heavy atom. The lowest BCUT2D eigenvalue weighted by Gasteiger charge is -2.10. The SMILES string of the molecule is COCC(N)C(=O)NCc1cc(-c2ccc(OC)cc2)cs1.Cl. The fourth-order valence-corrected chi connectivity index (χ4v) is 2.80. The Morgan fingerprint density at radius 3 is 2.57 bits per heavy atom. The molecule has 0 fully saturated rings.